The maximum Gasteiger partial charge on any atom is 0.332 e. The highest BCUT2D eigenvalue weighted by molar-refractivity contribution is 6.66. The molecule has 0 aliphatic carbocycles. The Morgan fingerprint density at radius 2 is 0.864 bits per heavy atom. The Kier molecular flexibility index (Phi) is 4.08. The van der Waals surface area contributed by atoms with E-state index >= 15 is 0 Å². The predicted molar refractivity (Wildman–Crippen MR) is 88.5 cm³/mol. The fourth-order valence-electron chi connectivity index (χ4n) is 3.43. The first-order valence-corrected chi connectivity index (χ1v) is 16.4. The molecule has 0 amide bonds. The van der Waals surface area contributed by atoms with Crippen LogP contribution in [0.5, 0.6) is 0 Å². The summed E-state index contributed by atoms with van der Waals surface area (Å²) in [4.78, 5) is 0. The molecule has 0 aromatic carbocycles. The van der Waals surface area contributed by atoms with Crippen LogP contribution in [0.25, 0.3) is 0 Å². The van der Waals surface area contributed by atoms with Crippen LogP contribution in [0.3, 0.4) is 0 Å². The molecule has 9 heteroatoms. The molecule has 0 unspecified atom stereocenters. The molecule has 0 bridgehead atoms. The summed E-state index contributed by atoms with van der Waals surface area (Å²) in [7, 11) is -6.28. The Morgan fingerprint density at radius 3 is 1.18 bits per heavy atom. The van der Waals surface area contributed by atoms with Gasteiger partial charge in [0.25, 0.3) is 0 Å². The SMILES string of the molecule is C[Si]1(C)OCC2(CO1)CC1(CO[Si](C)(C)OC1)O[Si](C)(C)O2. The Balaban J connectivity index is 1.80. The molecule has 3 rings (SSSR count). The van der Waals surface area contributed by atoms with E-state index in [1.54, 1.807) is 0 Å². The summed E-state index contributed by atoms with van der Waals surface area (Å²) in [6, 6.07) is 0. The molecule has 3 fully saturated rings. The van der Waals surface area contributed by atoms with Crippen molar-refractivity contribution in [1.82, 2.24) is 0 Å². The molecule has 0 atom stereocenters. The van der Waals surface area contributed by atoms with Crippen LogP contribution in [0, 0.1) is 0 Å². The van der Waals surface area contributed by atoms with E-state index in [2.05, 4.69) is 39.3 Å². The summed E-state index contributed by atoms with van der Waals surface area (Å²) in [6.45, 7) is 14.7. The molecule has 3 aliphatic rings. The van der Waals surface area contributed by atoms with Gasteiger partial charge in [0.05, 0.1) is 26.4 Å². The molecule has 3 aliphatic heterocycles. The predicted octanol–water partition coefficient (Wildman–Crippen LogP) is 2.10. The monoisotopic (exact) mass is 364 g/mol. The van der Waals surface area contributed by atoms with E-state index in [0.29, 0.717) is 32.8 Å². The molecule has 0 N–H and O–H groups in total. The molecule has 22 heavy (non-hydrogen) atoms. The second-order valence-corrected chi connectivity index (χ2v) is 18.1. The van der Waals surface area contributed by atoms with Crippen LogP contribution >= 0.6 is 0 Å². The first-order chi connectivity index (χ1) is 9.95. The molecule has 2 spiro atoms. The third kappa shape index (κ3) is 3.57. The van der Waals surface area contributed by atoms with Gasteiger partial charge in [0.1, 0.15) is 11.2 Å². The van der Waals surface area contributed by atoms with Crippen LogP contribution < -0.4 is 0 Å². The first-order valence-electron chi connectivity index (χ1n) is 7.91. The van der Waals surface area contributed by atoms with E-state index in [1.165, 1.54) is 0 Å². The lowest BCUT2D eigenvalue weighted by atomic mass is 9.89. The molecule has 3 heterocycles. The highest BCUT2D eigenvalue weighted by Gasteiger charge is 2.59. The van der Waals surface area contributed by atoms with Gasteiger partial charge in [0.2, 0.25) is 0 Å². The average molecular weight is 365 g/mol. The van der Waals surface area contributed by atoms with Gasteiger partial charge in [-0.3, -0.25) is 0 Å². The van der Waals surface area contributed by atoms with Gasteiger partial charge >= 0.3 is 25.7 Å². The fraction of sp³-hybridized carbons (Fsp3) is 1.00. The molecule has 3 saturated heterocycles. The molecule has 128 valence electrons. The summed E-state index contributed by atoms with van der Waals surface area (Å²) in [5.41, 5.74) is -0.849. The van der Waals surface area contributed by atoms with Crippen molar-refractivity contribution in [1.29, 1.82) is 0 Å². The summed E-state index contributed by atoms with van der Waals surface area (Å²) >= 11 is 0. The lowest BCUT2D eigenvalue weighted by Gasteiger charge is -2.57. The van der Waals surface area contributed by atoms with Crippen molar-refractivity contribution in [2.24, 2.45) is 0 Å². The molecule has 0 saturated carbocycles. The molecular weight excluding hydrogens is 336 g/mol. The molecule has 0 radical (unpaired) electrons. The van der Waals surface area contributed by atoms with Crippen LogP contribution in [0.15, 0.2) is 0 Å². The summed E-state index contributed by atoms with van der Waals surface area (Å²) in [5.74, 6) is 0. The normalized spacial score (nSPS) is 34.6. The first kappa shape index (κ1) is 17.2. The van der Waals surface area contributed by atoms with Crippen LogP contribution in [0.2, 0.25) is 39.3 Å². The van der Waals surface area contributed by atoms with E-state index in [4.69, 9.17) is 26.6 Å². The van der Waals surface area contributed by atoms with Gasteiger partial charge in [-0.1, -0.05) is 0 Å². The summed E-state index contributed by atoms with van der Waals surface area (Å²) in [6.07, 6.45) is 0.700. The average Bonchev–Trinajstić information content (AvgIpc) is 2.37. The van der Waals surface area contributed by atoms with Crippen LogP contribution in [-0.2, 0) is 26.6 Å². The smallest absolute Gasteiger partial charge is 0.332 e. The van der Waals surface area contributed by atoms with Gasteiger partial charge in [0, 0.05) is 6.42 Å². The zero-order chi connectivity index (χ0) is 16.3. The minimum absolute atomic E-state index is 0.424. The standard InChI is InChI=1S/C13H28O6Si3/c1-20(2)14-8-12(9-15-20)7-13(19-22(5,6)18-12)10-16-21(3,4)17-11-13/h7-11H2,1-6H3. The second kappa shape index (κ2) is 5.20. The van der Waals surface area contributed by atoms with E-state index < -0.39 is 36.9 Å². The van der Waals surface area contributed by atoms with Gasteiger partial charge in [-0.05, 0) is 39.3 Å². The van der Waals surface area contributed by atoms with Crippen LogP contribution in [-0.4, -0.2) is 63.3 Å². The van der Waals surface area contributed by atoms with Crippen LogP contribution in [0.4, 0.5) is 0 Å². The maximum absolute atomic E-state index is 6.36. The Bertz CT molecular complexity index is 395. The summed E-state index contributed by atoms with van der Waals surface area (Å²) < 4.78 is 36.8. The van der Waals surface area contributed by atoms with Gasteiger partial charge in [-0.25, -0.2) is 0 Å². The quantitative estimate of drug-likeness (QED) is 0.614. The number of rotatable bonds is 0. The zero-order valence-electron chi connectivity index (χ0n) is 14.5. The van der Waals surface area contributed by atoms with Crippen molar-refractivity contribution in [3.63, 3.8) is 0 Å². The third-order valence-corrected chi connectivity index (χ3v) is 9.51. The van der Waals surface area contributed by atoms with Crippen molar-refractivity contribution >= 4 is 25.7 Å². The van der Waals surface area contributed by atoms with Gasteiger partial charge in [-0.2, -0.15) is 0 Å². The van der Waals surface area contributed by atoms with Crippen molar-refractivity contribution in [2.75, 3.05) is 26.4 Å². The van der Waals surface area contributed by atoms with E-state index in [-0.39, 0.29) is 0 Å². The number of hydrogen-bond donors (Lipinski definition) is 0. The number of hydrogen-bond acceptors (Lipinski definition) is 6. The van der Waals surface area contributed by atoms with Crippen molar-refractivity contribution < 1.29 is 26.6 Å². The lowest BCUT2D eigenvalue weighted by Crippen LogP contribution is -2.71. The van der Waals surface area contributed by atoms with Crippen molar-refractivity contribution in [3.05, 3.63) is 0 Å². The third-order valence-electron chi connectivity index (χ3n) is 4.30. The largest absolute Gasteiger partial charge is 0.391 e. The summed E-state index contributed by atoms with van der Waals surface area (Å²) in [5, 5.41) is 0. The fourth-order valence-corrected chi connectivity index (χ4v) is 8.55. The van der Waals surface area contributed by atoms with Gasteiger partial charge in [0.15, 0.2) is 0 Å². The minimum atomic E-state index is -2.29. The van der Waals surface area contributed by atoms with Crippen molar-refractivity contribution in [2.45, 2.75) is 56.9 Å². The Morgan fingerprint density at radius 1 is 0.545 bits per heavy atom. The van der Waals surface area contributed by atoms with Gasteiger partial charge in [-0.15, -0.1) is 0 Å². The molecule has 6 nitrogen and oxygen atoms in total. The van der Waals surface area contributed by atoms with Gasteiger partial charge < -0.3 is 26.6 Å². The topological polar surface area (TPSA) is 55.4 Å². The van der Waals surface area contributed by atoms with Crippen molar-refractivity contribution in [3.8, 4) is 0 Å². The molecule has 0 aromatic rings. The maximum atomic E-state index is 6.36. The van der Waals surface area contributed by atoms with E-state index in [1.807, 2.05) is 0 Å². The Hall–Kier alpha value is 0.411. The van der Waals surface area contributed by atoms with Crippen LogP contribution in [0.1, 0.15) is 6.42 Å². The van der Waals surface area contributed by atoms with E-state index in [0.717, 1.165) is 0 Å². The zero-order valence-corrected chi connectivity index (χ0v) is 17.5. The van der Waals surface area contributed by atoms with E-state index in [9.17, 15) is 0 Å². The highest BCUT2D eigenvalue weighted by Crippen LogP contribution is 2.43. The minimum Gasteiger partial charge on any atom is -0.391 e. The second-order valence-electron chi connectivity index (χ2n) is 8.10. The lowest BCUT2D eigenvalue weighted by molar-refractivity contribution is -0.198. The molecular formula is C13H28O6Si3. The Labute approximate surface area is 136 Å². The highest BCUT2D eigenvalue weighted by atomic mass is 28.4. The molecule has 0 aromatic heterocycles.